The molecule has 0 spiro atoms. The van der Waals surface area contributed by atoms with Gasteiger partial charge in [-0.15, -0.1) is 24.0 Å². The van der Waals surface area contributed by atoms with Crippen LogP contribution in [0.5, 0.6) is 5.75 Å². The van der Waals surface area contributed by atoms with E-state index in [0.29, 0.717) is 19.0 Å². The van der Waals surface area contributed by atoms with Crippen LogP contribution in [0.4, 0.5) is 8.78 Å². The molecule has 3 aromatic rings. The van der Waals surface area contributed by atoms with Crippen LogP contribution >= 0.6 is 24.0 Å². The van der Waals surface area contributed by atoms with Gasteiger partial charge in [-0.05, 0) is 47.9 Å². The molecular weight excluding hydrogens is 503 g/mol. The molecule has 0 unspecified atom stereocenters. The summed E-state index contributed by atoms with van der Waals surface area (Å²) < 4.78 is 30.9. The number of aliphatic imine (C=N–C) groups is 1. The predicted octanol–water partition coefficient (Wildman–Crippen LogP) is 4.00. The Morgan fingerprint density at radius 3 is 2.57 bits per heavy atom. The lowest BCUT2D eigenvalue weighted by Crippen LogP contribution is -2.37. The van der Waals surface area contributed by atoms with Gasteiger partial charge in [0.25, 0.3) is 0 Å². The number of rotatable bonds is 8. The minimum absolute atomic E-state index is 0. The lowest BCUT2D eigenvalue weighted by atomic mass is 10.1. The minimum atomic E-state index is -2.83. The van der Waals surface area contributed by atoms with Crippen molar-refractivity contribution in [3.05, 3.63) is 78.1 Å². The van der Waals surface area contributed by atoms with Crippen LogP contribution in [-0.4, -0.2) is 35.9 Å². The molecule has 9 heteroatoms. The average molecular weight is 527 g/mol. The predicted molar refractivity (Wildman–Crippen MR) is 124 cm³/mol. The molecule has 2 N–H and O–H groups in total. The van der Waals surface area contributed by atoms with Gasteiger partial charge in [0.15, 0.2) is 5.96 Å². The van der Waals surface area contributed by atoms with Gasteiger partial charge in [0, 0.05) is 32.5 Å². The van der Waals surface area contributed by atoms with Crippen molar-refractivity contribution in [1.82, 2.24) is 20.4 Å². The summed E-state index contributed by atoms with van der Waals surface area (Å²) in [6.45, 7) is -1.69. The van der Waals surface area contributed by atoms with Crippen LogP contribution in [0.25, 0.3) is 5.69 Å². The molecule has 30 heavy (non-hydrogen) atoms. The summed E-state index contributed by atoms with van der Waals surface area (Å²) in [6, 6.07) is 16.7. The van der Waals surface area contributed by atoms with Crippen molar-refractivity contribution in [1.29, 1.82) is 0 Å². The maximum Gasteiger partial charge on any atom is 0.387 e. The lowest BCUT2D eigenvalue weighted by Gasteiger charge is -2.13. The molecule has 6 nitrogen and oxygen atoms in total. The van der Waals surface area contributed by atoms with Crippen molar-refractivity contribution in [3.63, 3.8) is 0 Å². The molecule has 0 radical (unpaired) electrons. The third-order valence-corrected chi connectivity index (χ3v) is 4.22. The number of hydrogen-bond acceptors (Lipinski definition) is 3. The van der Waals surface area contributed by atoms with Gasteiger partial charge >= 0.3 is 6.61 Å². The van der Waals surface area contributed by atoms with E-state index in [9.17, 15) is 8.78 Å². The maximum atomic E-state index is 12.3. The Labute approximate surface area is 191 Å². The van der Waals surface area contributed by atoms with Gasteiger partial charge in [-0.25, -0.2) is 4.68 Å². The Bertz CT molecular complexity index is 917. The fraction of sp³-hybridized carbons (Fsp3) is 0.238. The Morgan fingerprint density at radius 1 is 1.10 bits per heavy atom. The maximum absolute atomic E-state index is 12.3. The van der Waals surface area contributed by atoms with Crippen LogP contribution in [0.1, 0.15) is 11.1 Å². The van der Waals surface area contributed by atoms with Crippen LogP contribution in [0.15, 0.2) is 72.0 Å². The van der Waals surface area contributed by atoms with E-state index in [-0.39, 0.29) is 29.7 Å². The fourth-order valence-corrected chi connectivity index (χ4v) is 2.80. The molecule has 0 fully saturated rings. The van der Waals surface area contributed by atoms with E-state index in [4.69, 9.17) is 0 Å². The van der Waals surface area contributed by atoms with Crippen LogP contribution in [0.2, 0.25) is 0 Å². The topological polar surface area (TPSA) is 63.5 Å². The van der Waals surface area contributed by atoms with Gasteiger partial charge in [-0.3, -0.25) is 4.99 Å². The van der Waals surface area contributed by atoms with Crippen molar-refractivity contribution >= 4 is 29.9 Å². The van der Waals surface area contributed by atoms with E-state index >= 15 is 0 Å². The number of nitrogens with zero attached hydrogens (tertiary/aromatic N) is 3. The van der Waals surface area contributed by atoms with E-state index in [1.54, 1.807) is 25.4 Å². The molecule has 0 amide bonds. The molecule has 0 bridgehead atoms. The lowest BCUT2D eigenvalue weighted by molar-refractivity contribution is -0.0498. The van der Waals surface area contributed by atoms with Crippen molar-refractivity contribution in [2.24, 2.45) is 4.99 Å². The largest absolute Gasteiger partial charge is 0.435 e. The average Bonchev–Trinajstić information content (AvgIpc) is 3.26. The van der Waals surface area contributed by atoms with Crippen LogP contribution < -0.4 is 15.4 Å². The number of guanidine groups is 1. The summed E-state index contributed by atoms with van der Waals surface area (Å²) in [6.07, 6.45) is 4.48. The second-order valence-electron chi connectivity index (χ2n) is 6.25. The number of benzene rings is 2. The fourth-order valence-electron chi connectivity index (χ4n) is 2.80. The first kappa shape index (κ1) is 23.6. The third-order valence-electron chi connectivity index (χ3n) is 4.22. The number of hydrogen-bond donors (Lipinski definition) is 2. The number of halogens is 3. The highest BCUT2D eigenvalue weighted by Crippen LogP contribution is 2.15. The van der Waals surface area contributed by atoms with Gasteiger partial charge < -0.3 is 15.4 Å². The second kappa shape index (κ2) is 12.1. The quantitative estimate of drug-likeness (QED) is 0.264. The van der Waals surface area contributed by atoms with Crippen molar-refractivity contribution in [3.8, 4) is 11.4 Å². The summed E-state index contributed by atoms with van der Waals surface area (Å²) in [4.78, 5) is 4.18. The number of aromatic nitrogens is 2. The molecule has 1 aromatic heterocycles. The molecular formula is C21H24F2IN5O. The Hall–Kier alpha value is -2.69. The highest BCUT2D eigenvalue weighted by molar-refractivity contribution is 14.0. The molecule has 0 saturated carbocycles. The van der Waals surface area contributed by atoms with Crippen molar-refractivity contribution < 1.29 is 13.5 Å². The van der Waals surface area contributed by atoms with Gasteiger partial charge in [-0.1, -0.05) is 24.3 Å². The Kier molecular flexibility index (Phi) is 9.52. The Balaban J connectivity index is 0.00000320. The van der Waals surface area contributed by atoms with Crippen LogP contribution in [0, 0.1) is 0 Å². The van der Waals surface area contributed by atoms with E-state index in [2.05, 4.69) is 37.6 Å². The van der Waals surface area contributed by atoms with E-state index < -0.39 is 6.61 Å². The number of nitrogens with one attached hydrogen (secondary N) is 2. The molecule has 160 valence electrons. The molecule has 2 aromatic carbocycles. The normalized spacial score (nSPS) is 11.1. The van der Waals surface area contributed by atoms with Gasteiger partial charge in [0.1, 0.15) is 5.75 Å². The zero-order valence-corrected chi connectivity index (χ0v) is 18.8. The molecule has 1 heterocycles. The first-order valence-electron chi connectivity index (χ1n) is 9.21. The highest BCUT2D eigenvalue weighted by atomic mass is 127. The smallest absolute Gasteiger partial charge is 0.387 e. The minimum Gasteiger partial charge on any atom is -0.435 e. The van der Waals surface area contributed by atoms with Gasteiger partial charge in [-0.2, -0.15) is 13.9 Å². The summed E-state index contributed by atoms with van der Waals surface area (Å²) in [5.41, 5.74) is 3.03. The molecule has 0 aliphatic carbocycles. The summed E-state index contributed by atoms with van der Waals surface area (Å²) >= 11 is 0. The zero-order valence-electron chi connectivity index (χ0n) is 16.5. The molecule has 3 rings (SSSR count). The third kappa shape index (κ3) is 7.29. The zero-order chi connectivity index (χ0) is 20.5. The van der Waals surface area contributed by atoms with Crippen LogP contribution in [-0.2, 0) is 13.0 Å². The van der Waals surface area contributed by atoms with Crippen molar-refractivity contribution in [2.45, 2.75) is 19.6 Å². The highest BCUT2D eigenvalue weighted by Gasteiger charge is 2.05. The van der Waals surface area contributed by atoms with E-state index in [1.165, 1.54) is 11.6 Å². The molecule has 0 saturated heterocycles. The number of ether oxygens (including phenoxy) is 1. The second-order valence-corrected chi connectivity index (χ2v) is 6.25. The first-order valence-corrected chi connectivity index (χ1v) is 9.21. The summed E-state index contributed by atoms with van der Waals surface area (Å²) in [5, 5.41) is 10.6. The molecule has 0 aliphatic heterocycles. The van der Waals surface area contributed by atoms with Gasteiger partial charge in [0.2, 0.25) is 0 Å². The van der Waals surface area contributed by atoms with Gasteiger partial charge in [0.05, 0.1) is 5.69 Å². The summed E-state index contributed by atoms with van der Waals surface area (Å²) in [7, 11) is 1.69. The standard InChI is InChI=1S/C21H23F2N5O.HI/c1-24-21(26-15-17-4-2-5-19(14-17)29-20(22)23)25-12-10-16-6-8-18(9-7-16)28-13-3-11-27-28;/h2-9,11,13-14,20H,10,12,15H2,1H3,(H2,24,25,26);1H. The Morgan fingerprint density at radius 2 is 1.90 bits per heavy atom. The monoisotopic (exact) mass is 527 g/mol. The SMILES string of the molecule is CN=C(NCCc1ccc(-n2cccn2)cc1)NCc1cccc(OC(F)F)c1.I. The van der Waals surface area contributed by atoms with E-state index in [0.717, 1.165) is 17.7 Å². The molecule has 0 aliphatic rings. The van der Waals surface area contributed by atoms with Crippen LogP contribution in [0.3, 0.4) is 0 Å². The number of alkyl halides is 2. The molecule has 0 atom stereocenters. The first-order chi connectivity index (χ1) is 14.1. The van der Waals surface area contributed by atoms with Crippen molar-refractivity contribution in [2.75, 3.05) is 13.6 Å². The summed E-state index contributed by atoms with van der Waals surface area (Å²) in [5.74, 6) is 0.777. The van der Waals surface area contributed by atoms with E-state index in [1.807, 2.05) is 35.1 Å².